The third kappa shape index (κ3) is 2.05. The molecule has 2 N–H and O–H groups in total. The molecule has 1 rings (SSSR count). The van der Waals surface area contributed by atoms with Crippen LogP contribution in [-0.4, -0.2) is 12.2 Å². The molecule has 0 bridgehead atoms. The number of rotatable bonds is 2. The minimum absolute atomic E-state index is 0.223. The van der Waals surface area contributed by atoms with Crippen LogP contribution in [-0.2, 0) is 0 Å². The van der Waals surface area contributed by atoms with E-state index in [2.05, 4.69) is 5.32 Å². The van der Waals surface area contributed by atoms with Gasteiger partial charge >= 0.3 is 0 Å². The molecule has 0 heterocycles. The van der Waals surface area contributed by atoms with Gasteiger partial charge in [-0.25, -0.2) is 0 Å². The number of nitrogens with one attached hydrogen (secondary N) is 1. The monoisotopic (exact) mass is 193 g/mol. The van der Waals surface area contributed by atoms with E-state index in [0.717, 1.165) is 5.56 Å². The van der Waals surface area contributed by atoms with Crippen LogP contribution in [0.1, 0.15) is 25.3 Å². The van der Waals surface area contributed by atoms with Crippen molar-refractivity contribution < 1.29 is 5.11 Å². The molecular formula is C11H15NO2. The predicted molar refractivity (Wildman–Crippen MR) is 58.0 cm³/mol. The molecule has 0 saturated heterocycles. The maximum atomic E-state index is 11.4. The second-order valence-corrected chi connectivity index (χ2v) is 3.51. The zero-order chi connectivity index (χ0) is 10.7. The van der Waals surface area contributed by atoms with Gasteiger partial charge in [0.15, 0.2) is 5.75 Å². The molecule has 0 saturated carbocycles. The lowest BCUT2D eigenvalue weighted by atomic mass is 10.1. The van der Waals surface area contributed by atoms with Gasteiger partial charge in [-0.3, -0.25) is 4.79 Å². The Bertz CT molecular complexity index is 386. The second-order valence-electron chi connectivity index (χ2n) is 3.51. The molecule has 0 aromatic heterocycles. The van der Waals surface area contributed by atoms with Gasteiger partial charge in [-0.2, -0.15) is 0 Å². The average Bonchev–Trinajstić information content (AvgIpc) is 2.28. The van der Waals surface area contributed by atoms with Crippen LogP contribution in [0.3, 0.4) is 0 Å². The van der Waals surface area contributed by atoms with Crippen molar-refractivity contribution in [3.05, 3.63) is 34.0 Å². The molecule has 0 fully saturated rings. The van der Waals surface area contributed by atoms with E-state index in [1.54, 1.807) is 13.1 Å². The highest BCUT2D eigenvalue weighted by Crippen LogP contribution is 2.19. The van der Waals surface area contributed by atoms with E-state index in [9.17, 15) is 9.90 Å². The minimum Gasteiger partial charge on any atom is -0.503 e. The van der Waals surface area contributed by atoms with Gasteiger partial charge < -0.3 is 10.4 Å². The summed E-state index contributed by atoms with van der Waals surface area (Å²) in [6, 6.07) is 5.03. The first-order valence-corrected chi connectivity index (χ1v) is 4.61. The number of hydrogen-bond acceptors (Lipinski definition) is 3. The van der Waals surface area contributed by atoms with Crippen LogP contribution in [0.15, 0.2) is 23.0 Å². The molecule has 3 heteroatoms. The van der Waals surface area contributed by atoms with Crippen molar-refractivity contribution in [1.82, 2.24) is 0 Å². The van der Waals surface area contributed by atoms with E-state index in [0.29, 0.717) is 5.69 Å². The Kier molecular flexibility index (Phi) is 3.12. The highest BCUT2D eigenvalue weighted by Gasteiger charge is 2.04. The molecule has 0 unspecified atom stereocenters. The van der Waals surface area contributed by atoms with E-state index in [4.69, 9.17) is 0 Å². The van der Waals surface area contributed by atoms with Gasteiger partial charge in [-0.1, -0.05) is 19.9 Å². The molecule has 1 aromatic carbocycles. The van der Waals surface area contributed by atoms with Gasteiger partial charge in [0.05, 0.1) is 5.69 Å². The maximum Gasteiger partial charge on any atom is 0.222 e. The Labute approximate surface area is 83.4 Å². The molecule has 0 spiro atoms. The first-order valence-electron chi connectivity index (χ1n) is 4.61. The van der Waals surface area contributed by atoms with Crippen LogP contribution in [0, 0.1) is 0 Å². The fourth-order valence-corrected chi connectivity index (χ4v) is 1.22. The summed E-state index contributed by atoms with van der Waals surface area (Å²) in [5.41, 5.74) is 1.04. The molecule has 14 heavy (non-hydrogen) atoms. The number of hydrogen-bond donors (Lipinski definition) is 2. The summed E-state index contributed by atoms with van der Waals surface area (Å²) in [7, 11) is 1.67. The Morgan fingerprint density at radius 1 is 1.36 bits per heavy atom. The Morgan fingerprint density at radius 3 is 2.50 bits per heavy atom. The van der Waals surface area contributed by atoms with E-state index in [-0.39, 0.29) is 17.1 Å². The van der Waals surface area contributed by atoms with E-state index in [1.165, 1.54) is 6.07 Å². The van der Waals surface area contributed by atoms with Crippen molar-refractivity contribution >= 4 is 5.69 Å². The fraction of sp³-hybridized carbons (Fsp3) is 0.364. The van der Waals surface area contributed by atoms with Crippen molar-refractivity contribution in [3.8, 4) is 5.75 Å². The SMILES string of the molecule is CNc1ccc(C(C)C)cc(=O)c1O. The fourth-order valence-electron chi connectivity index (χ4n) is 1.22. The Balaban J connectivity index is 3.41. The Hall–Kier alpha value is -1.51. The summed E-state index contributed by atoms with van der Waals surface area (Å²) >= 11 is 0. The topological polar surface area (TPSA) is 49.3 Å². The van der Waals surface area contributed by atoms with Gasteiger partial charge in [0.1, 0.15) is 0 Å². The van der Waals surface area contributed by atoms with Crippen LogP contribution in [0.4, 0.5) is 5.69 Å². The van der Waals surface area contributed by atoms with Crippen LogP contribution < -0.4 is 10.7 Å². The number of aromatic hydroxyl groups is 1. The standard InChI is InChI=1S/C11H15NO2/c1-7(2)8-4-5-9(12-3)11(14)10(13)6-8/h4-7H,1-3H3,(H2,12,13,14). The van der Waals surface area contributed by atoms with Gasteiger partial charge in [0.25, 0.3) is 0 Å². The molecule has 0 amide bonds. The van der Waals surface area contributed by atoms with Gasteiger partial charge in [0.2, 0.25) is 5.43 Å². The maximum absolute atomic E-state index is 11.4. The van der Waals surface area contributed by atoms with Gasteiger partial charge in [-0.15, -0.1) is 0 Å². The zero-order valence-corrected chi connectivity index (χ0v) is 8.66. The van der Waals surface area contributed by atoms with Crippen molar-refractivity contribution in [2.24, 2.45) is 0 Å². The third-order valence-corrected chi connectivity index (χ3v) is 2.16. The summed E-state index contributed by atoms with van der Waals surface area (Å²) in [4.78, 5) is 11.4. The van der Waals surface area contributed by atoms with Crippen LogP contribution in [0.25, 0.3) is 0 Å². The van der Waals surface area contributed by atoms with Crippen LogP contribution >= 0.6 is 0 Å². The van der Waals surface area contributed by atoms with Crippen molar-refractivity contribution in [2.75, 3.05) is 12.4 Å². The summed E-state index contributed by atoms with van der Waals surface area (Å²) < 4.78 is 0. The lowest BCUT2D eigenvalue weighted by Gasteiger charge is -1.99. The largest absolute Gasteiger partial charge is 0.503 e. The molecular weight excluding hydrogens is 178 g/mol. The van der Waals surface area contributed by atoms with Gasteiger partial charge in [0, 0.05) is 7.05 Å². The van der Waals surface area contributed by atoms with Crippen LogP contribution in [0.5, 0.6) is 5.75 Å². The smallest absolute Gasteiger partial charge is 0.222 e. The zero-order valence-electron chi connectivity index (χ0n) is 8.66. The average molecular weight is 193 g/mol. The lowest BCUT2D eigenvalue weighted by molar-refractivity contribution is 0.473. The first-order chi connectivity index (χ1) is 6.56. The first kappa shape index (κ1) is 10.6. The normalized spacial score (nSPS) is 10.3. The Morgan fingerprint density at radius 2 is 2.00 bits per heavy atom. The molecule has 76 valence electrons. The summed E-state index contributed by atoms with van der Waals surface area (Å²) in [5, 5.41) is 12.3. The predicted octanol–water partition coefficient (Wildman–Crippen LogP) is 1.92. The van der Waals surface area contributed by atoms with Crippen molar-refractivity contribution in [1.29, 1.82) is 0 Å². The van der Waals surface area contributed by atoms with E-state index < -0.39 is 0 Å². The lowest BCUT2D eigenvalue weighted by Crippen LogP contribution is -1.99. The highest BCUT2D eigenvalue weighted by atomic mass is 16.3. The molecule has 0 radical (unpaired) electrons. The van der Waals surface area contributed by atoms with Crippen molar-refractivity contribution in [2.45, 2.75) is 19.8 Å². The molecule has 0 atom stereocenters. The summed E-state index contributed by atoms with van der Waals surface area (Å²) in [5.74, 6) is 0.0543. The van der Waals surface area contributed by atoms with Gasteiger partial charge in [-0.05, 0) is 23.6 Å². The second kappa shape index (κ2) is 4.13. The number of anilines is 1. The molecule has 3 nitrogen and oxygen atoms in total. The molecule has 0 aliphatic heterocycles. The quantitative estimate of drug-likeness (QED) is 0.754. The van der Waals surface area contributed by atoms with Crippen LogP contribution in [0.2, 0.25) is 0 Å². The molecule has 1 aromatic rings. The minimum atomic E-state index is -0.344. The van der Waals surface area contributed by atoms with E-state index >= 15 is 0 Å². The van der Waals surface area contributed by atoms with Crippen molar-refractivity contribution in [3.63, 3.8) is 0 Å². The highest BCUT2D eigenvalue weighted by molar-refractivity contribution is 5.54. The summed E-state index contributed by atoms with van der Waals surface area (Å²) in [6.45, 7) is 4.01. The summed E-state index contributed by atoms with van der Waals surface area (Å²) in [6.07, 6.45) is 0. The van der Waals surface area contributed by atoms with E-state index in [1.807, 2.05) is 19.9 Å². The third-order valence-electron chi connectivity index (χ3n) is 2.16. The molecule has 0 aliphatic carbocycles. The molecule has 0 aliphatic rings.